The van der Waals surface area contributed by atoms with Crippen LogP contribution in [-0.2, 0) is 9.68 Å². The Hall–Kier alpha value is -2.92. The van der Waals surface area contributed by atoms with Gasteiger partial charge in [-0.3, -0.25) is 10.1 Å². The van der Waals surface area contributed by atoms with Gasteiger partial charge in [-0.2, -0.15) is 10.2 Å². The second-order valence-corrected chi connectivity index (χ2v) is 5.32. The smallest absolute Gasteiger partial charge is 0.269 e. The molecule has 0 fully saturated rings. The first-order chi connectivity index (χ1) is 13.0. The third-order valence-corrected chi connectivity index (χ3v) is 3.32. The van der Waals surface area contributed by atoms with Gasteiger partial charge in [0.2, 0.25) is 0 Å². The van der Waals surface area contributed by atoms with Gasteiger partial charge in [-0.15, -0.1) is 5.23 Å². The normalized spacial score (nSPS) is 11.1. The molecular formula is C17H20N4O6. The average Bonchev–Trinajstić information content (AvgIpc) is 2.67. The van der Waals surface area contributed by atoms with Gasteiger partial charge in [-0.25, -0.2) is 9.68 Å². The van der Waals surface area contributed by atoms with E-state index in [1.807, 2.05) is 6.92 Å². The van der Waals surface area contributed by atoms with Gasteiger partial charge in [0.1, 0.15) is 13.2 Å². The molecule has 0 aliphatic heterocycles. The number of aliphatic hydroxyl groups is 2. The summed E-state index contributed by atoms with van der Waals surface area (Å²) in [6.45, 7) is 1.53. The number of nitro groups is 1. The highest BCUT2D eigenvalue weighted by Crippen LogP contribution is 2.27. The first-order valence-corrected chi connectivity index (χ1v) is 8.09. The van der Waals surface area contributed by atoms with E-state index in [9.17, 15) is 10.1 Å². The molecular weight excluding hydrogens is 356 g/mol. The predicted molar refractivity (Wildman–Crippen MR) is 97.0 cm³/mol. The van der Waals surface area contributed by atoms with Crippen molar-refractivity contribution in [3.8, 4) is 0 Å². The fourth-order valence-electron chi connectivity index (χ4n) is 2.05. The van der Waals surface area contributed by atoms with Crippen LogP contribution in [0.4, 0.5) is 22.7 Å². The number of aliphatic hydroxyl groups excluding tert-OH is 2. The third kappa shape index (κ3) is 6.08. The zero-order valence-electron chi connectivity index (χ0n) is 14.7. The summed E-state index contributed by atoms with van der Waals surface area (Å²) in [6.07, 6.45) is 0. The van der Waals surface area contributed by atoms with E-state index in [4.69, 9.17) is 19.9 Å². The average molecular weight is 376 g/mol. The zero-order valence-corrected chi connectivity index (χ0v) is 14.7. The van der Waals surface area contributed by atoms with E-state index >= 15 is 0 Å². The Balaban J connectivity index is 2.13. The maximum Gasteiger partial charge on any atom is 0.269 e. The molecule has 10 heteroatoms. The number of non-ortho nitro benzene ring substituents is 1. The molecule has 2 aromatic rings. The van der Waals surface area contributed by atoms with Crippen molar-refractivity contribution in [2.75, 3.05) is 31.7 Å². The van der Waals surface area contributed by atoms with Gasteiger partial charge in [0.05, 0.1) is 35.2 Å². The number of hydrogen-bond donors (Lipinski definition) is 2. The van der Waals surface area contributed by atoms with Crippen LogP contribution in [0, 0.1) is 17.0 Å². The standard InChI is InChI=1S/C17H20N4O6/c1-13-12-16(21(26-10-8-22)27-11-9-23)6-7-17(13)19-18-14-2-4-15(5-3-14)20(24)25/h2-7,12,22-23H,8-11H2,1H3. The van der Waals surface area contributed by atoms with Crippen molar-refractivity contribution in [1.82, 2.24) is 0 Å². The molecule has 0 atom stereocenters. The SMILES string of the molecule is Cc1cc(N(OCCO)OCCO)ccc1N=Nc1ccc([N+](=O)[O-])cc1. The first-order valence-electron chi connectivity index (χ1n) is 8.09. The number of nitrogens with zero attached hydrogens (tertiary/aromatic N) is 4. The van der Waals surface area contributed by atoms with Crippen LogP contribution in [0.5, 0.6) is 0 Å². The van der Waals surface area contributed by atoms with Crippen molar-refractivity contribution in [2.24, 2.45) is 10.2 Å². The van der Waals surface area contributed by atoms with E-state index in [1.165, 1.54) is 24.3 Å². The molecule has 27 heavy (non-hydrogen) atoms. The number of benzene rings is 2. The summed E-state index contributed by atoms with van der Waals surface area (Å²) < 4.78 is 0. The Morgan fingerprint density at radius 1 is 1.04 bits per heavy atom. The fourth-order valence-corrected chi connectivity index (χ4v) is 2.05. The lowest BCUT2D eigenvalue weighted by Gasteiger charge is -2.22. The van der Waals surface area contributed by atoms with Crippen molar-refractivity contribution in [2.45, 2.75) is 6.92 Å². The summed E-state index contributed by atoms with van der Waals surface area (Å²) >= 11 is 0. The number of nitro benzene ring substituents is 1. The Bertz CT molecular complexity index is 773. The minimum Gasteiger partial charge on any atom is -0.394 e. The third-order valence-electron chi connectivity index (χ3n) is 3.32. The second kappa shape index (κ2) is 10.3. The van der Waals surface area contributed by atoms with Crippen LogP contribution >= 0.6 is 0 Å². The number of aryl methyl sites for hydroxylation is 1. The van der Waals surface area contributed by atoms with E-state index in [2.05, 4.69) is 10.2 Å². The number of hydrogen-bond acceptors (Lipinski definition) is 9. The molecule has 0 aromatic heterocycles. The molecule has 0 unspecified atom stereocenters. The Morgan fingerprint density at radius 2 is 1.67 bits per heavy atom. The number of azo groups is 1. The van der Waals surface area contributed by atoms with Crippen molar-refractivity contribution in [3.63, 3.8) is 0 Å². The highest BCUT2D eigenvalue weighted by atomic mass is 16.9. The van der Waals surface area contributed by atoms with Crippen molar-refractivity contribution >= 4 is 22.7 Å². The van der Waals surface area contributed by atoms with Crippen LogP contribution in [0.1, 0.15) is 5.56 Å². The number of anilines is 1. The van der Waals surface area contributed by atoms with Crippen molar-refractivity contribution < 1.29 is 24.8 Å². The second-order valence-electron chi connectivity index (χ2n) is 5.32. The molecule has 2 rings (SSSR count). The van der Waals surface area contributed by atoms with Gasteiger partial charge in [0.25, 0.3) is 5.69 Å². The van der Waals surface area contributed by atoms with E-state index < -0.39 is 4.92 Å². The summed E-state index contributed by atoms with van der Waals surface area (Å²) in [6, 6.07) is 10.9. The van der Waals surface area contributed by atoms with E-state index in [0.717, 1.165) is 10.8 Å². The monoisotopic (exact) mass is 376 g/mol. The maximum atomic E-state index is 10.7. The highest BCUT2D eigenvalue weighted by molar-refractivity contribution is 5.56. The van der Waals surface area contributed by atoms with Crippen LogP contribution < -0.4 is 5.23 Å². The van der Waals surface area contributed by atoms with Gasteiger partial charge < -0.3 is 10.2 Å². The minimum absolute atomic E-state index is 0.0136. The molecule has 10 nitrogen and oxygen atoms in total. The van der Waals surface area contributed by atoms with Crippen LogP contribution in [0.3, 0.4) is 0 Å². The molecule has 0 bridgehead atoms. The molecule has 0 heterocycles. The predicted octanol–water partition coefficient (Wildman–Crippen LogP) is 2.97. The topological polar surface area (TPSA) is 130 Å². The minimum atomic E-state index is -0.479. The summed E-state index contributed by atoms with van der Waals surface area (Å²) in [7, 11) is 0. The summed E-state index contributed by atoms with van der Waals surface area (Å²) in [5.41, 5.74) is 2.41. The van der Waals surface area contributed by atoms with Crippen LogP contribution in [0.15, 0.2) is 52.7 Å². The molecule has 0 radical (unpaired) electrons. The van der Waals surface area contributed by atoms with E-state index in [-0.39, 0.29) is 32.1 Å². The summed E-state index contributed by atoms with van der Waals surface area (Å²) in [5, 5.41) is 37.8. The fraction of sp³-hybridized carbons (Fsp3) is 0.294. The molecule has 0 amide bonds. The van der Waals surface area contributed by atoms with E-state index in [0.29, 0.717) is 17.1 Å². The molecule has 0 spiro atoms. The molecule has 2 aromatic carbocycles. The van der Waals surface area contributed by atoms with Gasteiger partial charge in [0.15, 0.2) is 0 Å². The van der Waals surface area contributed by atoms with Crippen molar-refractivity contribution in [1.29, 1.82) is 0 Å². The van der Waals surface area contributed by atoms with Gasteiger partial charge in [-0.05, 0) is 42.8 Å². The first kappa shape index (κ1) is 20.4. The maximum absolute atomic E-state index is 10.7. The lowest BCUT2D eigenvalue weighted by Crippen LogP contribution is -2.27. The quantitative estimate of drug-likeness (QED) is 0.370. The van der Waals surface area contributed by atoms with Gasteiger partial charge in [-0.1, -0.05) is 0 Å². The largest absolute Gasteiger partial charge is 0.394 e. The lowest BCUT2D eigenvalue weighted by atomic mass is 10.2. The lowest BCUT2D eigenvalue weighted by molar-refractivity contribution is -0.384. The molecule has 2 N–H and O–H groups in total. The number of rotatable bonds is 10. The Kier molecular flexibility index (Phi) is 7.77. The Morgan fingerprint density at radius 3 is 2.19 bits per heavy atom. The van der Waals surface area contributed by atoms with Gasteiger partial charge in [0, 0.05) is 12.1 Å². The highest BCUT2D eigenvalue weighted by Gasteiger charge is 2.10. The molecule has 144 valence electrons. The molecule has 0 aliphatic rings. The van der Waals surface area contributed by atoms with Crippen LogP contribution in [0.25, 0.3) is 0 Å². The molecule has 0 aliphatic carbocycles. The summed E-state index contributed by atoms with van der Waals surface area (Å²) in [5.74, 6) is 0. The summed E-state index contributed by atoms with van der Waals surface area (Å²) in [4.78, 5) is 20.7. The van der Waals surface area contributed by atoms with Crippen molar-refractivity contribution in [3.05, 3.63) is 58.1 Å². The molecule has 0 saturated heterocycles. The van der Waals surface area contributed by atoms with Crippen LogP contribution in [0.2, 0.25) is 0 Å². The zero-order chi connectivity index (χ0) is 19.6. The van der Waals surface area contributed by atoms with Crippen LogP contribution in [-0.4, -0.2) is 41.6 Å². The van der Waals surface area contributed by atoms with Gasteiger partial charge >= 0.3 is 0 Å². The molecule has 0 saturated carbocycles. The van der Waals surface area contributed by atoms with E-state index in [1.54, 1.807) is 18.2 Å². The Labute approximate surface area is 155 Å².